The summed E-state index contributed by atoms with van der Waals surface area (Å²) in [7, 11) is 5.34. The van der Waals surface area contributed by atoms with Gasteiger partial charge in [-0.3, -0.25) is 9.59 Å². The van der Waals surface area contributed by atoms with Crippen molar-refractivity contribution in [3.63, 3.8) is 0 Å². The van der Waals surface area contributed by atoms with Crippen molar-refractivity contribution in [3.05, 3.63) is 53.1 Å². The molecule has 0 saturated carbocycles. The van der Waals surface area contributed by atoms with Crippen molar-refractivity contribution in [2.24, 2.45) is 0 Å². The van der Waals surface area contributed by atoms with E-state index in [4.69, 9.17) is 18.9 Å². The highest BCUT2D eigenvalue weighted by molar-refractivity contribution is 6.46. The van der Waals surface area contributed by atoms with E-state index in [0.717, 1.165) is 6.42 Å². The van der Waals surface area contributed by atoms with Crippen molar-refractivity contribution >= 4 is 17.4 Å². The Labute approximate surface area is 210 Å². The molecule has 0 bridgehead atoms. The first-order chi connectivity index (χ1) is 17.3. The van der Waals surface area contributed by atoms with Crippen LogP contribution < -0.4 is 18.9 Å². The summed E-state index contributed by atoms with van der Waals surface area (Å²) in [6.07, 6.45) is 0.804. The maximum absolute atomic E-state index is 13.3. The number of fused-ring (bicyclic) bond motifs is 1. The lowest BCUT2D eigenvalue weighted by Crippen LogP contribution is -2.35. The summed E-state index contributed by atoms with van der Waals surface area (Å²) in [5, 5.41) is 11.4. The third-order valence-electron chi connectivity index (χ3n) is 6.11. The van der Waals surface area contributed by atoms with Gasteiger partial charge in [-0.1, -0.05) is 13.0 Å². The molecule has 4 rings (SSSR count). The first-order valence-electron chi connectivity index (χ1n) is 12.0. The van der Waals surface area contributed by atoms with Gasteiger partial charge < -0.3 is 33.9 Å². The predicted molar refractivity (Wildman–Crippen MR) is 134 cm³/mol. The number of amides is 1. The number of benzene rings is 2. The first kappa shape index (κ1) is 25.4. The molecule has 1 fully saturated rings. The minimum atomic E-state index is -0.798. The second-order valence-electron chi connectivity index (χ2n) is 8.91. The van der Waals surface area contributed by atoms with E-state index in [9.17, 15) is 14.7 Å². The highest BCUT2D eigenvalue weighted by Crippen LogP contribution is 2.43. The molecule has 2 aromatic carbocycles. The lowest BCUT2D eigenvalue weighted by molar-refractivity contribution is -0.140. The molecule has 2 aliphatic rings. The average Bonchev–Trinajstić information content (AvgIpc) is 3.14. The molecule has 0 spiro atoms. The third kappa shape index (κ3) is 4.97. The number of methoxy groups -OCH3 is 1. The van der Waals surface area contributed by atoms with Crippen LogP contribution >= 0.6 is 0 Å². The molecular formula is C27H32N2O7. The molecule has 2 heterocycles. The van der Waals surface area contributed by atoms with Gasteiger partial charge in [0.15, 0.2) is 23.0 Å². The number of rotatable bonds is 9. The second-order valence-corrected chi connectivity index (χ2v) is 8.91. The van der Waals surface area contributed by atoms with Crippen LogP contribution in [0.3, 0.4) is 0 Å². The van der Waals surface area contributed by atoms with Crippen LogP contribution in [0.5, 0.6) is 23.0 Å². The molecule has 192 valence electrons. The number of hydrogen-bond acceptors (Lipinski definition) is 8. The Bertz CT molecular complexity index is 1170. The summed E-state index contributed by atoms with van der Waals surface area (Å²) in [4.78, 5) is 29.9. The number of nitrogens with zero attached hydrogens (tertiary/aromatic N) is 2. The number of carbonyl (C=O) groups excluding carboxylic acids is 2. The van der Waals surface area contributed by atoms with Gasteiger partial charge in [0.2, 0.25) is 0 Å². The van der Waals surface area contributed by atoms with Crippen molar-refractivity contribution in [2.45, 2.75) is 19.4 Å². The van der Waals surface area contributed by atoms with Crippen molar-refractivity contribution in [2.75, 3.05) is 54.1 Å². The molecule has 0 aromatic heterocycles. The topological polar surface area (TPSA) is 97.8 Å². The van der Waals surface area contributed by atoms with Gasteiger partial charge in [0.25, 0.3) is 11.7 Å². The Kier molecular flexibility index (Phi) is 7.69. The van der Waals surface area contributed by atoms with Crippen LogP contribution in [0.25, 0.3) is 5.76 Å². The molecule has 1 N–H and O–H groups in total. The van der Waals surface area contributed by atoms with Gasteiger partial charge in [0.05, 0.1) is 25.3 Å². The Balaban J connectivity index is 1.83. The summed E-state index contributed by atoms with van der Waals surface area (Å²) >= 11 is 0. The van der Waals surface area contributed by atoms with Crippen LogP contribution in [0.4, 0.5) is 0 Å². The normalized spacial score (nSPS) is 18.6. The van der Waals surface area contributed by atoms with E-state index in [1.54, 1.807) is 43.5 Å². The van der Waals surface area contributed by atoms with Gasteiger partial charge in [0, 0.05) is 18.7 Å². The molecule has 9 nitrogen and oxygen atoms in total. The Morgan fingerprint density at radius 3 is 2.53 bits per heavy atom. The summed E-state index contributed by atoms with van der Waals surface area (Å²) < 4.78 is 22.5. The van der Waals surface area contributed by atoms with Crippen LogP contribution in [0.2, 0.25) is 0 Å². The quantitative estimate of drug-likeness (QED) is 0.321. The molecule has 0 aliphatic carbocycles. The maximum atomic E-state index is 13.3. The van der Waals surface area contributed by atoms with Crippen LogP contribution in [-0.2, 0) is 9.59 Å². The minimum Gasteiger partial charge on any atom is -0.507 e. The van der Waals surface area contributed by atoms with E-state index in [1.807, 2.05) is 25.9 Å². The number of ketones is 1. The Morgan fingerprint density at radius 1 is 1.08 bits per heavy atom. The van der Waals surface area contributed by atoms with E-state index in [0.29, 0.717) is 67.0 Å². The smallest absolute Gasteiger partial charge is 0.295 e. The Hall–Kier alpha value is -3.72. The van der Waals surface area contributed by atoms with Crippen LogP contribution in [0.15, 0.2) is 42.0 Å². The van der Waals surface area contributed by atoms with Crippen LogP contribution in [0.1, 0.15) is 30.5 Å². The van der Waals surface area contributed by atoms with Gasteiger partial charge in [-0.15, -0.1) is 0 Å². The molecule has 0 radical (unpaired) electrons. The van der Waals surface area contributed by atoms with E-state index in [-0.39, 0.29) is 11.3 Å². The standard InChI is InChI=1S/C27H32N2O7/c1-5-12-34-21-15-17(6-8-19(21)33-4)24-23(26(31)27(32)29(24)11-10-28(2)3)25(30)18-7-9-20-22(16-18)36-14-13-35-20/h6-9,15-16,24,30H,5,10-14H2,1-4H3/b25-23+. The van der Waals surface area contributed by atoms with E-state index in [2.05, 4.69) is 0 Å². The summed E-state index contributed by atoms with van der Waals surface area (Å²) in [5.74, 6) is 0.427. The third-order valence-corrected chi connectivity index (χ3v) is 6.11. The fraction of sp³-hybridized carbons (Fsp3) is 0.407. The van der Waals surface area contributed by atoms with E-state index in [1.165, 1.54) is 4.90 Å². The van der Waals surface area contributed by atoms with Gasteiger partial charge in [-0.05, 0) is 56.4 Å². The van der Waals surface area contributed by atoms with Crippen LogP contribution in [-0.4, -0.2) is 80.7 Å². The molecule has 36 heavy (non-hydrogen) atoms. The number of likely N-dealkylation sites (N-methyl/N-ethyl adjacent to an activating group) is 1. The molecule has 1 atom stereocenters. The Morgan fingerprint density at radius 2 is 1.83 bits per heavy atom. The molecular weight excluding hydrogens is 464 g/mol. The number of likely N-dealkylation sites (tertiary alicyclic amines) is 1. The van der Waals surface area contributed by atoms with Crippen molar-refractivity contribution in [3.8, 4) is 23.0 Å². The second kappa shape index (κ2) is 10.9. The van der Waals surface area contributed by atoms with Gasteiger partial charge in [-0.2, -0.15) is 0 Å². The summed E-state index contributed by atoms with van der Waals surface area (Å²) in [5.41, 5.74) is 1.02. The van der Waals surface area contributed by atoms with Gasteiger partial charge in [-0.25, -0.2) is 0 Å². The van der Waals surface area contributed by atoms with Crippen LogP contribution in [0, 0.1) is 0 Å². The fourth-order valence-electron chi connectivity index (χ4n) is 4.30. The fourth-order valence-corrected chi connectivity index (χ4v) is 4.30. The molecule has 1 saturated heterocycles. The predicted octanol–water partition coefficient (Wildman–Crippen LogP) is 3.24. The zero-order chi connectivity index (χ0) is 25.8. The number of aliphatic hydroxyl groups excluding tert-OH is 1. The van der Waals surface area contributed by atoms with Gasteiger partial charge >= 0.3 is 0 Å². The molecule has 1 unspecified atom stereocenters. The van der Waals surface area contributed by atoms with E-state index < -0.39 is 17.7 Å². The number of aliphatic hydroxyl groups is 1. The molecule has 2 aliphatic heterocycles. The zero-order valence-electron chi connectivity index (χ0n) is 21.1. The summed E-state index contributed by atoms with van der Waals surface area (Å²) in [6, 6.07) is 9.46. The lowest BCUT2D eigenvalue weighted by Gasteiger charge is -2.27. The van der Waals surface area contributed by atoms with Crippen molar-refractivity contribution in [1.29, 1.82) is 0 Å². The van der Waals surface area contributed by atoms with E-state index >= 15 is 0 Å². The number of hydrogen-bond donors (Lipinski definition) is 1. The largest absolute Gasteiger partial charge is 0.507 e. The minimum absolute atomic E-state index is 0.0158. The maximum Gasteiger partial charge on any atom is 0.295 e. The highest BCUT2D eigenvalue weighted by atomic mass is 16.6. The molecule has 1 amide bonds. The number of carbonyl (C=O) groups is 2. The van der Waals surface area contributed by atoms with Gasteiger partial charge in [0.1, 0.15) is 19.0 Å². The zero-order valence-corrected chi connectivity index (χ0v) is 21.1. The molecule has 2 aromatic rings. The molecule has 9 heteroatoms. The lowest BCUT2D eigenvalue weighted by atomic mass is 9.94. The van der Waals surface area contributed by atoms with Crippen molar-refractivity contribution < 1.29 is 33.6 Å². The number of Topliss-reactive ketones (excluding diaryl/α,β-unsaturated/α-hetero) is 1. The average molecular weight is 497 g/mol. The first-order valence-corrected chi connectivity index (χ1v) is 12.0. The monoisotopic (exact) mass is 496 g/mol. The summed E-state index contributed by atoms with van der Waals surface area (Å²) in [6.45, 7) is 4.16. The SMILES string of the molecule is CCCOc1cc(C2/C(=C(\O)c3ccc4c(c3)OCCO4)C(=O)C(=O)N2CCN(C)C)ccc1OC. The van der Waals surface area contributed by atoms with Crippen molar-refractivity contribution in [1.82, 2.24) is 9.80 Å². The highest BCUT2D eigenvalue weighted by Gasteiger charge is 2.46. The number of ether oxygens (including phenoxy) is 4.